The molecule has 6 heteroatoms. The van der Waals surface area contributed by atoms with E-state index in [1.807, 2.05) is 0 Å². The second kappa shape index (κ2) is 67.6. The molecule has 1 atom stereocenters. The van der Waals surface area contributed by atoms with Crippen molar-refractivity contribution in [3.8, 4) is 0 Å². The van der Waals surface area contributed by atoms with E-state index in [1.165, 1.54) is 148 Å². The SMILES string of the molecule is CC/C=C\C/C=C\C/C=C\C/C=C\C/C=C\C/C=C\CCCCCCC(=O)OCC(COC(=O)CCCCCCC/C=C\C/C=C\CCCCCC)OC(=O)CCCCCCCCCCCCC/C=C\CCCCCCCCCC. The summed E-state index contributed by atoms with van der Waals surface area (Å²) in [4.78, 5) is 38.4. The first-order chi connectivity index (χ1) is 39.5. The number of hydrogen-bond acceptors (Lipinski definition) is 6. The van der Waals surface area contributed by atoms with Gasteiger partial charge in [0, 0.05) is 19.3 Å². The van der Waals surface area contributed by atoms with Crippen molar-refractivity contribution in [2.75, 3.05) is 13.2 Å². The maximum absolute atomic E-state index is 13.0. The summed E-state index contributed by atoms with van der Waals surface area (Å²) in [6.45, 7) is 6.51. The molecule has 0 amide bonds. The van der Waals surface area contributed by atoms with E-state index in [1.54, 1.807) is 0 Å². The van der Waals surface area contributed by atoms with Gasteiger partial charge >= 0.3 is 17.9 Å². The molecule has 1 unspecified atom stereocenters. The molecule has 0 saturated carbocycles. The molecule has 0 aliphatic rings. The van der Waals surface area contributed by atoms with E-state index in [9.17, 15) is 14.4 Å². The molecule has 0 rings (SSSR count). The first kappa shape index (κ1) is 76.1. The Morgan fingerprint density at radius 2 is 0.487 bits per heavy atom. The fourth-order valence-corrected chi connectivity index (χ4v) is 9.41. The van der Waals surface area contributed by atoms with Crippen molar-refractivity contribution >= 4 is 17.9 Å². The molecular weight excluding hydrogens is 985 g/mol. The summed E-state index contributed by atoms with van der Waals surface area (Å²) >= 11 is 0. The Bertz CT molecular complexity index is 1610. The van der Waals surface area contributed by atoms with Crippen molar-refractivity contribution in [1.29, 1.82) is 0 Å². The Labute approximate surface area is 495 Å². The van der Waals surface area contributed by atoms with Gasteiger partial charge in [0.25, 0.3) is 0 Å². The van der Waals surface area contributed by atoms with Gasteiger partial charge in [-0.2, -0.15) is 0 Å². The molecule has 0 aliphatic carbocycles. The molecule has 0 radical (unpaired) electrons. The summed E-state index contributed by atoms with van der Waals surface area (Å²) in [6, 6.07) is 0. The molecule has 0 aromatic carbocycles. The smallest absolute Gasteiger partial charge is 0.306 e. The highest BCUT2D eigenvalue weighted by atomic mass is 16.6. The molecule has 6 nitrogen and oxygen atoms in total. The fourth-order valence-electron chi connectivity index (χ4n) is 9.41. The van der Waals surface area contributed by atoms with Gasteiger partial charge in [0.05, 0.1) is 0 Å². The topological polar surface area (TPSA) is 78.9 Å². The number of allylic oxidation sites excluding steroid dienone is 18. The van der Waals surface area contributed by atoms with E-state index < -0.39 is 6.10 Å². The Balaban J connectivity index is 4.43. The van der Waals surface area contributed by atoms with E-state index >= 15 is 0 Å². The van der Waals surface area contributed by atoms with Crippen LogP contribution in [0.25, 0.3) is 0 Å². The summed E-state index contributed by atoms with van der Waals surface area (Å²) < 4.78 is 16.9. The van der Waals surface area contributed by atoms with Crippen LogP contribution in [0.4, 0.5) is 0 Å². The molecule has 0 bridgehead atoms. The van der Waals surface area contributed by atoms with Crippen LogP contribution >= 0.6 is 0 Å². The average molecular weight is 1110 g/mol. The zero-order chi connectivity index (χ0) is 57.8. The lowest BCUT2D eigenvalue weighted by Gasteiger charge is -2.18. The van der Waals surface area contributed by atoms with Crippen LogP contribution in [-0.2, 0) is 28.6 Å². The van der Waals surface area contributed by atoms with Crippen LogP contribution in [0.2, 0.25) is 0 Å². The lowest BCUT2D eigenvalue weighted by atomic mass is 10.0. The van der Waals surface area contributed by atoms with Crippen LogP contribution in [0.3, 0.4) is 0 Å². The van der Waals surface area contributed by atoms with E-state index in [2.05, 4.69) is 130 Å². The number of unbranched alkanes of at least 4 members (excludes halogenated alkanes) is 32. The molecule has 0 aromatic heterocycles. The minimum atomic E-state index is -0.799. The number of carbonyl (C=O) groups is 3. The first-order valence-corrected chi connectivity index (χ1v) is 33.9. The molecular formula is C74H126O6. The maximum atomic E-state index is 13.0. The number of esters is 3. The van der Waals surface area contributed by atoms with Gasteiger partial charge in [-0.15, -0.1) is 0 Å². The van der Waals surface area contributed by atoms with Gasteiger partial charge in [0.15, 0.2) is 6.10 Å². The average Bonchev–Trinajstić information content (AvgIpc) is 3.46. The van der Waals surface area contributed by atoms with Crippen LogP contribution in [-0.4, -0.2) is 37.2 Å². The normalized spacial score (nSPS) is 12.8. The van der Waals surface area contributed by atoms with Crippen molar-refractivity contribution < 1.29 is 28.6 Å². The summed E-state index contributed by atoms with van der Waals surface area (Å²) in [5.41, 5.74) is 0. The second-order valence-electron chi connectivity index (χ2n) is 22.3. The number of carbonyl (C=O) groups excluding carboxylic acids is 3. The Kier molecular flexibility index (Phi) is 64.3. The minimum Gasteiger partial charge on any atom is -0.462 e. The quantitative estimate of drug-likeness (QED) is 0.0261. The van der Waals surface area contributed by atoms with Gasteiger partial charge in [-0.25, -0.2) is 0 Å². The Morgan fingerprint density at radius 3 is 0.787 bits per heavy atom. The van der Waals surface area contributed by atoms with Crippen molar-refractivity contribution in [3.63, 3.8) is 0 Å². The van der Waals surface area contributed by atoms with Gasteiger partial charge in [-0.1, -0.05) is 284 Å². The van der Waals surface area contributed by atoms with Crippen LogP contribution < -0.4 is 0 Å². The van der Waals surface area contributed by atoms with Crippen molar-refractivity contribution in [3.05, 3.63) is 109 Å². The standard InChI is InChI=1S/C74H126O6/c1-4-7-10-13-16-19-22-25-28-31-33-35-37-39-41-43-46-49-52-55-58-61-64-67-73(76)79-70-71(69-78-72(75)66-63-60-57-54-51-48-45-30-27-24-21-18-15-12-9-6-3)80-74(77)68-65-62-59-56-53-50-47-44-42-40-38-36-34-32-29-26-23-20-17-14-11-8-5-2/h7,10,16,19,21,24-25,28,30,32-35,39,41,45-46,49,71H,4-6,8-9,11-15,17-18,20,22-23,26-27,29,31,36-38,40,42-44,47-48,50-70H2,1-3H3/b10-7-,19-16-,24-21-,28-25-,34-32-,35-33-,41-39-,45-30-,49-46-. The first-order valence-electron chi connectivity index (χ1n) is 33.9. The molecule has 80 heavy (non-hydrogen) atoms. The largest absolute Gasteiger partial charge is 0.462 e. The molecule has 0 aliphatic heterocycles. The van der Waals surface area contributed by atoms with E-state index in [4.69, 9.17) is 14.2 Å². The number of ether oxygens (including phenoxy) is 3. The fraction of sp³-hybridized carbons (Fsp3) is 0.716. The lowest BCUT2D eigenvalue weighted by Crippen LogP contribution is -2.30. The molecule has 0 spiro atoms. The lowest BCUT2D eigenvalue weighted by molar-refractivity contribution is -0.167. The Hall–Kier alpha value is -3.93. The highest BCUT2D eigenvalue weighted by molar-refractivity contribution is 5.71. The summed E-state index contributed by atoms with van der Waals surface area (Å²) in [6.07, 6.45) is 92.4. The summed E-state index contributed by atoms with van der Waals surface area (Å²) in [5, 5.41) is 0. The summed E-state index contributed by atoms with van der Waals surface area (Å²) in [5.74, 6) is -0.922. The molecule has 0 saturated heterocycles. The zero-order valence-corrected chi connectivity index (χ0v) is 52.6. The van der Waals surface area contributed by atoms with Crippen LogP contribution in [0.5, 0.6) is 0 Å². The number of rotatable bonds is 61. The third-order valence-corrected chi connectivity index (χ3v) is 14.5. The number of hydrogen-bond donors (Lipinski definition) is 0. The third kappa shape index (κ3) is 64.9. The van der Waals surface area contributed by atoms with Crippen LogP contribution in [0.1, 0.15) is 323 Å². The second-order valence-corrected chi connectivity index (χ2v) is 22.3. The minimum absolute atomic E-state index is 0.0940. The van der Waals surface area contributed by atoms with Gasteiger partial charge in [0.2, 0.25) is 0 Å². The van der Waals surface area contributed by atoms with Gasteiger partial charge in [-0.3, -0.25) is 14.4 Å². The van der Waals surface area contributed by atoms with Crippen molar-refractivity contribution in [1.82, 2.24) is 0 Å². The monoisotopic (exact) mass is 1110 g/mol. The molecule has 0 fully saturated rings. The third-order valence-electron chi connectivity index (χ3n) is 14.5. The molecule has 0 aromatic rings. The van der Waals surface area contributed by atoms with E-state index in [0.717, 1.165) is 135 Å². The zero-order valence-electron chi connectivity index (χ0n) is 52.6. The van der Waals surface area contributed by atoms with Gasteiger partial charge in [-0.05, 0) is 128 Å². The molecule has 0 heterocycles. The van der Waals surface area contributed by atoms with E-state index in [0.29, 0.717) is 19.3 Å². The van der Waals surface area contributed by atoms with Crippen molar-refractivity contribution in [2.45, 2.75) is 329 Å². The van der Waals surface area contributed by atoms with Crippen LogP contribution in [0.15, 0.2) is 109 Å². The molecule has 0 N–H and O–H groups in total. The molecule has 458 valence electrons. The van der Waals surface area contributed by atoms with Gasteiger partial charge < -0.3 is 14.2 Å². The Morgan fingerprint density at radius 1 is 0.263 bits per heavy atom. The highest BCUT2D eigenvalue weighted by Gasteiger charge is 2.19. The maximum Gasteiger partial charge on any atom is 0.306 e. The van der Waals surface area contributed by atoms with Crippen LogP contribution in [0, 0.1) is 0 Å². The van der Waals surface area contributed by atoms with E-state index in [-0.39, 0.29) is 31.1 Å². The predicted molar refractivity (Wildman–Crippen MR) is 348 cm³/mol. The summed E-state index contributed by atoms with van der Waals surface area (Å²) in [7, 11) is 0. The van der Waals surface area contributed by atoms with Gasteiger partial charge in [0.1, 0.15) is 13.2 Å². The van der Waals surface area contributed by atoms with Crippen molar-refractivity contribution in [2.24, 2.45) is 0 Å². The predicted octanol–water partition coefficient (Wildman–Crippen LogP) is 23.4. The highest BCUT2D eigenvalue weighted by Crippen LogP contribution is 2.16.